The number of furan rings is 1. The van der Waals surface area contributed by atoms with Crippen molar-refractivity contribution in [1.82, 2.24) is 10.6 Å². The standard InChI is InChI=1S/C55H84N2O14S2/c1-4-67-44(63)17-12-35-27-36-19-25-68-46(36)48-47(35)70-50-55(66)45-37(11-14-40(61)39(45)31-59)29-53(65,49(55)64)54(71-50)32-72-73-52(42(57-23-26-69-48)16-10-33(2)7-5-9-43(54)62)22-21-51(20-18-34(28-51)30-56-3)41(52)15-13-38(60)8-6-24-58/h11,14,19,25,27,33-34,37-43,45,49-50,56-62,64-66H,4-10,12-13,15-18,20-24,26,28-32H2,1-3H3/t33-,34+,37+,38-,39-,40+,41-,42+,43-,45+,49+,50-,51+,52+,53+,54-,55-/m1/s1. The van der Waals surface area contributed by atoms with Crippen molar-refractivity contribution >= 4 is 38.5 Å². The summed E-state index contributed by atoms with van der Waals surface area (Å²) in [5.41, 5.74) is -5.93. The Bertz CT molecular complexity index is 2220. The molecule has 17 atom stereocenters. The number of aryl methyl sites for hydroxylation is 1. The second-order valence-corrected chi connectivity index (χ2v) is 25.7. The number of ether oxygens (including phenoxy) is 4. The average Bonchev–Trinajstić information content (AvgIpc) is 4.09. The van der Waals surface area contributed by atoms with E-state index in [2.05, 4.69) is 17.6 Å². The predicted octanol–water partition coefficient (Wildman–Crippen LogP) is 5.16. The molecule has 0 unspecified atom stereocenters. The van der Waals surface area contributed by atoms with Crippen LogP contribution in [0.25, 0.3) is 11.0 Å². The Hall–Kier alpha value is -2.17. The number of aliphatic hydroxyl groups is 8. The first-order valence-corrected chi connectivity index (χ1v) is 29.9. The van der Waals surface area contributed by atoms with Crippen LogP contribution in [0.15, 0.2) is 35.0 Å². The Kier molecular flexibility index (Phi) is 17.5. The van der Waals surface area contributed by atoms with Crippen LogP contribution in [-0.2, 0) is 20.7 Å². The molecule has 2 saturated heterocycles. The van der Waals surface area contributed by atoms with E-state index in [0.717, 1.165) is 64.3 Å². The molecule has 7 aliphatic rings. The van der Waals surface area contributed by atoms with E-state index in [9.17, 15) is 45.6 Å². The summed E-state index contributed by atoms with van der Waals surface area (Å²) in [5.74, 6) is -2.06. The van der Waals surface area contributed by atoms with E-state index < -0.39 is 82.6 Å². The summed E-state index contributed by atoms with van der Waals surface area (Å²) in [6, 6.07) is 3.57. The molecule has 0 amide bonds. The van der Waals surface area contributed by atoms with Gasteiger partial charge in [0.05, 0.1) is 31.2 Å². The Labute approximate surface area is 438 Å². The van der Waals surface area contributed by atoms with E-state index >= 15 is 0 Å². The SMILES string of the molecule is CCOC(=O)CCc1cc2ccoc2c2c1O[C@@H]1O[C@@]3(CSS[C@]4(CC[C@]5(CC[C@H](CNC)C5)[C@H]4CC[C@H](O)CCCO)[C@H](CC[C@H](C)CCC[C@H]3O)NCCO2)[C@]2(O)C[C@@H]3C=C[C@H](O)[C@@H](CO)[C@H]3[C@@]1(O)[C@H]2O. The van der Waals surface area contributed by atoms with E-state index in [-0.39, 0.29) is 86.0 Å². The fourth-order valence-corrected chi connectivity index (χ4v) is 19.6. The number of hydrogen-bond acceptors (Lipinski definition) is 18. The number of fused-ring (bicyclic) bond motifs is 11. The highest BCUT2D eigenvalue weighted by Gasteiger charge is 2.78. The summed E-state index contributed by atoms with van der Waals surface area (Å²) in [6.45, 7) is 5.16. The third-order valence-electron chi connectivity index (χ3n) is 18.9. The molecule has 18 heteroatoms. The average molecular weight is 1060 g/mol. The molecule has 10 N–H and O–H groups in total. The lowest BCUT2D eigenvalue weighted by Gasteiger charge is -2.67. The zero-order valence-corrected chi connectivity index (χ0v) is 44.8. The van der Waals surface area contributed by atoms with Gasteiger partial charge in [0.1, 0.15) is 23.9 Å². The zero-order chi connectivity index (χ0) is 51.8. The van der Waals surface area contributed by atoms with Crippen LogP contribution in [0.5, 0.6) is 11.5 Å². The maximum absolute atomic E-state index is 13.7. The van der Waals surface area contributed by atoms with Gasteiger partial charge in [-0.05, 0) is 157 Å². The Morgan fingerprint density at radius 1 is 1.03 bits per heavy atom. The molecular weight excluding hydrogens is 977 g/mol. The Morgan fingerprint density at radius 2 is 1.86 bits per heavy atom. The van der Waals surface area contributed by atoms with Gasteiger partial charge in [-0.15, -0.1) is 0 Å². The molecular formula is C55H84N2O14S2. The first-order valence-electron chi connectivity index (χ1n) is 27.5. The molecule has 4 heterocycles. The van der Waals surface area contributed by atoms with Crippen molar-refractivity contribution in [2.45, 2.75) is 181 Å². The van der Waals surface area contributed by atoms with Gasteiger partial charge in [-0.1, -0.05) is 53.5 Å². The number of carbonyl (C=O) groups is 1. The largest absolute Gasteiger partial charge is 0.485 e. The molecule has 3 spiro atoms. The van der Waals surface area contributed by atoms with E-state index in [1.54, 1.807) is 35.9 Å². The molecule has 1 aromatic carbocycles. The van der Waals surface area contributed by atoms with E-state index in [0.29, 0.717) is 54.7 Å². The smallest absolute Gasteiger partial charge is 0.306 e. The quantitative estimate of drug-likeness (QED) is 0.0706. The van der Waals surface area contributed by atoms with Crippen molar-refractivity contribution in [3.63, 3.8) is 0 Å². The van der Waals surface area contributed by atoms with Gasteiger partial charge in [0.15, 0.2) is 16.9 Å². The van der Waals surface area contributed by atoms with Gasteiger partial charge in [0.2, 0.25) is 12.0 Å². The van der Waals surface area contributed by atoms with Crippen LogP contribution >= 0.6 is 21.6 Å². The first-order chi connectivity index (χ1) is 35.1. The topological polar surface area (TPSA) is 253 Å². The number of nitrogens with one attached hydrogen (secondary N) is 2. The third kappa shape index (κ3) is 10.2. The lowest BCUT2D eigenvalue weighted by atomic mass is 9.50. The second kappa shape index (κ2) is 23.0. The van der Waals surface area contributed by atoms with Gasteiger partial charge in [-0.3, -0.25) is 4.79 Å². The maximum Gasteiger partial charge on any atom is 0.306 e. The van der Waals surface area contributed by atoms with Gasteiger partial charge < -0.3 is 74.9 Å². The molecule has 5 fully saturated rings. The minimum Gasteiger partial charge on any atom is -0.485 e. The van der Waals surface area contributed by atoms with Crippen molar-refractivity contribution in [3.05, 3.63) is 36.1 Å². The molecule has 0 radical (unpaired) electrons. The summed E-state index contributed by atoms with van der Waals surface area (Å²) in [6.07, 6.45) is 8.67. The molecule has 9 rings (SSSR count). The lowest BCUT2D eigenvalue weighted by Crippen LogP contribution is -2.86. The molecule has 2 aromatic rings. The Morgan fingerprint density at radius 3 is 2.64 bits per heavy atom. The Balaban J connectivity index is 1.24. The number of hydrogen-bond donors (Lipinski definition) is 10. The van der Waals surface area contributed by atoms with Crippen LogP contribution in [0.4, 0.5) is 0 Å². The van der Waals surface area contributed by atoms with Crippen LogP contribution in [-0.4, -0.2) is 157 Å². The summed E-state index contributed by atoms with van der Waals surface area (Å²) < 4.78 is 32.4. The number of esters is 1. The van der Waals surface area contributed by atoms with Crippen LogP contribution in [0.1, 0.15) is 122 Å². The molecule has 4 aliphatic carbocycles. The molecule has 16 nitrogen and oxygen atoms in total. The van der Waals surface area contributed by atoms with Crippen LogP contribution in [0, 0.1) is 40.9 Å². The van der Waals surface area contributed by atoms with E-state index in [4.69, 9.17) is 23.4 Å². The molecule has 3 saturated carbocycles. The van der Waals surface area contributed by atoms with Crippen molar-refractivity contribution in [3.8, 4) is 11.5 Å². The van der Waals surface area contributed by atoms with Gasteiger partial charge in [-0.2, -0.15) is 0 Å². The number of carbonyl (C=O) groups excluding carboxylic acids is 1. The predicted molar refractivity (Wildman–Crippen MR) is 279 cm³/mol. The number of rotatable bonds is 13. The number of benzene rings is 1. The highest BCUT2D eigenvalue weighted by Crippen LogP contribution is 2.69. The lowest BCUT2D eigenvalue weighted by molar-refractivity contribution is -0.424. The van der Waals surface area contributed by atoms with Crippen LogP contribution < -0.4 is 20.1 Å². The van der Waals surface area contributed by atoms with Crippen molar-refractivity contribution < 1.29 is 69.0 Å². The van der Waals surface area contributed by atoms with Crippen molar-refractivity contribution in [1.29, 1.82) is 0 Å². The van der Waals surface area contributed by atoms with Crippen molar-refractivity contribution in [2.24, 2.45) is 40.9 Å². The van der Waals surface area contributed by atoms with Crippen molar-refractivity contribution in [2.75, 3.05) is 52.3 Å². The molecule has 410 valence electrons. The van der Waals surface area contributed by atoms with Crippen LogP contribution in [0.2, 0.25) is 0 Å². The zero-order valence-electron chi connectivity index (χ0n) is 43.1. The van der Waals surface area contributed by atoms with Gasteiger partial charge in [-0.25, -0.2) is 0 Å². The summed E-state index contributed by atoms with van der Waals surface area (Å²) in [4.78, 5) is 13.0. The molecule has 1 aromatic heterocycles. The minimum atomic E-state index is -2.50. The van der Waals surface area contributed by atoms with E-state index in [1.165, 1.54) is 17.1 Å². The normalized spacial score (nSPS) is 41.3. The summed E-state index contributed by atoms with van der Waals surface area (Å²) in [7, 11) is 5.32. The second-order valence-electron chi connectivity index (χ2n) is 23.1. The highest BCUT2D eigenvalue weighted by molar-refractivity contribution is 8.77. The molecule has 5 bridgehead atoms. The van der Waals surface area contributed by atoms with Gasteiger partial charge in [0.25, 0.3) is 0 Å². The fraction of sp³-hybridized carbons (Fsp3) is 0.800. The molecule has 73 heavy (non-hydrogen) atoms. The summed E-state index contributed by atoms with van der Waals surface area (Å²) in [5, 5.41) is 105. The summed E-state index contributed by atoms with van der Waals surface area (Å²) >= 11 is 0. The number of aliphatic hydroxyl groups excluding tert-OH is 6. The van der Waals surface area contributed by atoms with E-state index in [1.807, 2.05) is 13.1 Å². The first kappa shape index (κ1) is 55.6. The maximum atomic E-state index is 13.7. The van der Waals surface area contributed by atoms with Gasteiger partial charge >= 0.3 is 5.97 Å². The van der Waals surface area contributed by atoms with Crippen LogP contribution in [0.3, 0.4) is 0 Å². The molecule has 3 aliphatic heterocycles. The monoisotopic (exact) mass is 1060 g/mol. The minimum absolute atomic E-state index is 0.00362. The third-order valence-corrected chi connectivity index (χ3v) is 22.3. The highest BCUT2D eigenvalue weighted by atomic mass is 33.1. The fourth-order valence-electron chi connectivity index (χ4n) is 15.3. The number of allylic oxidation sites excluding steroid dienone is 1. The van der Waals surface area contributed by atoms with Gasteiger partial charge in [0, 0.05) is 59.9 Å².